The first-order valence-electron chi connectivity index (χ1n) is 5.43. The van der Waals surface area contributed by atoms with Crippen molar-refractivity contribution in [3.05, 3.63) is 33.8 Å². The molecule has 0 saturated carbocycles. The number of rotatable bonds is 2. The molecule has 0 aromatic heterocycles. The minimum Gasteiger partial charge on any atom is -0.313 e. The number of Topliss-reactive ketones (excluding diaryl/α,β-unsaturated/α-hetero) is 1. The first kappa shape index (κ1) is 12.6. The fourth-order valence-electron chi connectivity index (χ4n) is 2.16. The molecule has 0 radical (unpaired) electrons. The van der Waals surface area contributed by atoms with Crippen LogP contribution in [0.25, 0.3) is 0 Å². The van der Waals surface area contributed by atoms with Gasteiger partial charge in [0.05, 0.1) is 10.0 Å². The van der Waals surface area contributed by atoms with E-state index < -0.39 is 23.0 Å². The second-order valence-corrected chi connectivity index (χ2v) is 5.07. The quantitative estimate of drug-likeness (QED) is 0.672. The molecule has 1 fully saturated rings. The normalized spacial score (nSPS) is 24.0. The zero-order valence-corrected chi connectivity index (χ0v) is 10.9. The van der Waals surface area contributed by atoms with E-state index >= 15 is 0 Å². The molecule has 0 aliphatic carbocycles. The fourth-order valence-corrected chi connectivity index (χ4v) is 2.49. The molecule has 2 atom stereocenters. The van der Waals surface area contributed by atoms with E-state index in [9.17, 15) is 13.6 Å². The summed E-state index contributed by atoms with van der Waals surface area (Å²) in [6.45, 7) is 2.55. The largest absolute Gasteiger partial charge is 0.313 e. The van der Waals surface area contributed by atoms with Gasteiger partial charge in [-0.1, -0.05) is 0 Å². The second-order valence-electron chi connectivity index (χ2n) is 4.22. The van der Waals surface area contributed by atoms with Crippen LogP contribution in [0.5, 0.6) is 0 Å². The molecule has 2 nitrogen and oxygen atoms in total. The van der Waals surface area contributed by atoms with Gasteiger partial charge in [0, 0.05) is 12.0 Å². The molecule has 92 valence electrons. The van der Waals surface area contributed by atoms with Crippen molar-refractivity contribution in [3.8, 4) is 0 Å². The minimum absolute atomic E-state index is 0.0414. The van der Waals surface area contributed by atoms with Crippen molar-refractivity contribution in [3.63, 3.8) is 0 Å². The van der Waals surface area contributed by atoms with Crippen LogP contribution in [0.1, 0.15) is 23.7 Å². The highest BCUT2D eigenvalue weighted by Crippen LogP contribution is 2.27. The van der Waals surface area contributed by atoms with E-state index in [0.717, 1.165) is 6.07 Å². The lowest BCUT2D eigenvalue weighted by atomic mass is 9.91. The van der Waals surface area contributed by atoms with Gasteiger partial charge in [-0.15, -0.1) is 0 Å². The topological polar surface area (TPSA) is 29.1 Å². The monoisotopic (exact) mass is 303 g/mol. The Kier molecular flexibility index (Phi) is 3.58. The highest BCUT2D eigenvalue weighted by atomic mass is 79.9. The van der Waals surface area contributed by atoms with Crippen molar-refractivity contribution in [2.45, 2.75) is 19.4 Å². The lowest BCUT2D eigenvalue weighted by Gasteiger charge is -2.15. The van der Waals surface area contributed by atoms with E-state index in [2.05, 4.69) is 21.2 Å². The number of benzene rings is 1. The zero-order valence-electron chi connectivity index (χ0n) is 9.27. The number of carbonyl (C=O) groups excluding carboxylic acids is 1. The maximum atomic E-state index is 13.8. The Hall–Kier alpha value is -0.810. The molecule has 1 aliphatic rings. The molecule has 1 heterocycles. The smallest absolute Gasteiger partial charge is 0.173 e. The molecule has 5 heteroatoms. The molecule has 1 N–H and O–H groups in total. The van der Waals surface area contributed by atoms with Crippen LogP contribution in [0.15, 0.2) is 16.6 Å². The van der Waals surface area contributed by atoms with E-state index in [1.54, 1.807) is 0 Å². The molecule has 1 saturated heterocycles. The van der Waals surface area contributed by atoms with Crippen LogP contribution in [0.3, 0.4) is 0 Å². The lowest BCUT2D eigenvalue weighted by Crippen LogP contribution is -2.29. The number of hydrogen-bond donors (Lipinski definition) is 1. The lowest BCUT2D eigenvalue weighted by molar-refractivity contribution is 0.0905. The third-order valence-corrected chi connectivity index (χ3v) is 3.76. The van der Waals surface area contributed by atoms with E-state index in [1.165, 1.54) is 6.07 Å². The van der Waals surface area contributed by atoms with E-state index in [1.807, 2.05) is 6.92 Å². The van der Waals surface area contributed by atoms with Crippen LogP contribution in [0.4, 0.5) is 8.78 Å². The average Bonchev–Trinajstić information content (AvgIpc) is 2.70. The predicted molar refractivity (Wildman–Crippen MR) is 64.0 cm³/mol. The van der Waals surface area contributed by atoms with Gasteiger partial charge in [0.1, 0.15) is 5.82 Å². The Morgan fingerprint density at radius 2 is 2.18 bits per heavy atom. The average molecular weight is 304 g/mol. The predicted octanol–water partition coefficient (Wildman–Crippen LogP) is 2.91. The molecular formula is C12H12BrF2NO. The van der Waals surface area contributed by atoms with Crippen LogP contribution < -0.4 is 5.32 Å². The van der Waals surface area contributed by atoms with Gasteiger partial charge in [-0.25, -0.2) is 8.78 Å². The summed E-state index contributed by atoms with van der Waals surface area (Å²) in [4.78, 5) is 12.1. The molecule has 0 spiro atoms. The van der Waals surface area contributed by atoms with Crippen molar-refractivity contribution in [1.82, 2.24) is 5.32 Å². The Labute approximate surface area is 107 Å². The summed E-state index contributed by atoms with van der Waals surface area (Å²) in [6, 6.07) is 2.32. The van der Waals surface area contributed by atoms with Crippen molar-refractivity contribution < 1.29 is 13.6 Å². The van der Waals surface area contributed by atoms with Crippen LogP contribution in [-0.4, -0.2) is 18.4 Å². The molecule has 2 unspecified atom stereocenters. The highest BCUT2D eigenvalue weighted by molar-refractivity contribution is 9.10. The Morgan fingerprint density at radius 1 is 1.47 bits per heavy atom. The first-order chi connectivity index (χ1) is 8.02. The van der Waals surface area contributed by atoms with Crippen molar-refractivity contribution >= 4 is 21.7 Å². The summed E-state index contributed by atoms with van der Waals surface area (Å²) in [5.41, 5.74) is -0.431. The van der Waals surface area contributed by atoms with Crippen molar-refractivity contribution in [2.24, 2.45) is 5.92 Å². The van der Waals surface area contributed by atoms with Gasteiger partial charge in [0.2, 0.25) is 0 Å². The van der Waals surface area contributed by atoms with E-state index in [-0.39, 0.29) is 16.4 Å². The fraction of sp³-hybridized carbons (Fsp3) is 0.417. The number of halogens is 3. The van der Waals surface area contributed by atoms with Gasteiger partial charge in [-0.3, -0.25) is 4.79 Å². The summed E-state index contributed by atoms with van der Waals surface area (Å²) < 4.78 is 27.4. The van der Waals surface area contributed by atoms with Crippen molar-refractivity contribution in [2.75, 3.05) is 6.54 Å². The van der Waals surface area contributed by atoms with Gasteiger partial charge >= 0.3 is 0 Å². The standard InChI is InChI=1S/C12H12BrF2NO/c1-6-7(4-5-16-6)12(17)10-9(14)3-2-8(13)11(10)15/h2-3,6-7,16H,4-5H2,1H3. The minimum atomic E-state index is -0.811. The number of hydrogen-bond acceptors (Lipinski definition) is 2. The van der Waals surface area contributed by atoms with Gasteiger partial charge in [-0.2, -0.15) is 0 Å². The first-order valence-corrected chi connectivity index (χ1v) is 6.22. The van der Waals surface area contributed by atoms with E-state index in [4.69, 9.17) is 0 Å². The summed E-state index contributed by atoms with van der Waals surface area (Å²) in [5, 5.41) is 3.10. The molecule has 1 aliphatic heterocycles. The Morgan fingerprint density at radius 3 is 2.76 bits per heavy atom. The summed E-state index contributed by atoms with van der Waals surface area (Å²) in [6.07, 6.45) is 0.616. The molecule has 1 aromatic rings. The molecule has 2 rings (SSSR count). The van der Waals surface area contributed by atoms with Crippen molar-refractivity contribution in [1.29, 1.82) is 0 Å². The number of nitrogens with one attached hydrogen (secondary N) is 1. The molecule has 0 bridgehead atoms. The zero-order chi connectivity index (χ0) is 12.6. The molecular weight excluding hydrogens is 292 g/mol. The van der Waals surface area contributed by atoms with Gasteiger partial charge in [0.15, 0.2) is 11.6 Å². The number of ketones is 1. The van der Waals surface area contributed by atoms with Crippen LogP contribution in [0, 0.1) is 17.6 Å². The summed E-state index contributed by atoms with van der Waals surface area (Å²) in [5.74, 6) is -2.42. The second kappa shape index (κ2) is 4.82. The molecule has 1 aromatic carbocycles. The van der Waals surface area contributed by atoms with Gasteiger partial charge < -0.3 is 5.32 Å². The number of carbonyl (C=O) groups is 1. The van der Waals surface area contributed by atoms with Crippen LogP contribution in [0.2, 0.25) is 0 Å². The highest BCUT2D eigenvalue weighted by Gasteiger charge is 2.33. The summed E-state index contributed by atoms with van der Waals surface area (Å²) >= 11 is 2.96. The van der Waals surface area contributed by atoms with Gasteiger partial charge in [-0.05, 0) is 48.0 Å². The summed E-state index contributed by atoms with van der Waals surface area (Å²) in [7, 11) is 0. The molecule has 0 amide bonds. The molecule has 17 heavy (non-hydrogen) atoms. The third-order valence-electron chi connectivity index (χ3n) is 3.15. The Balaban J connectivity index is 2.40. The van der Waals surface area contributed by atoms with E-state index in [0.29, 0.717) is 13.0 Å². The maximum Gasteiger partial charge on any atom is 0.173 e. The Bertz CT molecular complexity index is 464. The SMILES string of the molecule is CC1NCCC1C(=O)c1c(F)ccc(Br)c1F. The maximum absolute atomic E-state index is 13.8. The van der Waals surface area contributed by atoms with Gasteiger partial charge in [0.25, 0.3) is 0 Å². The third kappa shape index (κ3) is 2.26. The van der Waals surface area contributed by atoms with Crippen LogP contribution >= 0.6 is 15.9 Å². The van der Waals surface area contributed by atoms with Crippen LogP contribution in [-0.2, 0) is 0 Å².